The zero-order chi connectivity index (χ0) is 16.1. The summed E-state index contributed by atoms with van der Waals surface area (Å²) in [6.45, 7) is -0.350. The van der Waals surface area contributed by atoms with Gasteiger partial charge in [0.05, 0.1) is 24.6 Å². The number of carbonyl (C=O) groups excluding carboxylic acids is 2. The van der Waals surface area contributed by atoms with Gasteiger partial charge in [-0.1, -0.05) is 17.3 Å². The summed E-state index contributed by atoms with van der Waals surface area (Å²) in [6.07, 6.45) is 1.04. The van der Waals surface area contributed by atoms with E-state index in [2.05, 4.69) is 20.4 Å². The van der Waals surface area contributed by atoms with E-state index in [0.29, 0.717) is 0 Å². The van der Waals surface area contributed by atoms with E-state index >= 15 is 0 Å². The number of methoxy groups -OCH3 is 1. The number of ether oxygens (including phenoxy) is 1. The van der Waals surface area contributed by atoms with Gasteiger partial charge in [-0.3, -0.25) is 4.79 Å². The molecule has 9 heteroatoms. The summed E-state index contributed by atoms with van der Waals surface area (Å²) >= 11 is 0. The molecule has 0 saturated carbocycles. The van der Waals surface area contributed by atoms with E-state index in [-0.39, 0.29) is 23.5 Å². The van der Waals surface area contributed by atoms with Crippen LogP contribution in [0.15, 0.2) is 30.5 Å². The van der Waals surface area contributed by atoms with Crippen LogP contribution in [-0.2, 0) is 16.1 Å². The largest absolute Gasteiger partial charge is 0.476 e. The summed E-state index contributed by atoms with van der Waals surface area (Å²) in [5.41, 5.74) is 0.239. The molecule has 0 aliphatic heterocycles. The third-order valence-corrected chi connectivity index (χ3v) is 2.74. The number of carboxylic acids is 1. The smallest absolute Gasteiger partial charge is 0.355 e. The lowest BCUT2D eigenvalue weighted by atomic mass is 10.2. The topological polar surface area (TPSA) is 123 Å². The fourth-order valence-corrected chi connectivity index (χ4v) is 1.75. The highest BCUT2D eigenvalue weighted by atomic mass is 16.5. The Labute approximate surface area is 124 Å². The first-order valence-corrected chi connectivity index (χ1v) is 6.12. The van der Waals surface area contributed by atoms with E-state index in [1.807, 2.05) is 0 Å². The molecule has 1 aromatic heterocycles. The minimum atomic E-state index is -1.24. The first-order chi connectivity index (χ1) is 10.5. The van der Waals surface area contributed by atoms with E-state index in [4.69, 9.17) is 5.11 Å². The molecule has 0 aliphatic rings. The molecular formula is C13H12N4O5. The predicted octanol–water partition coefficient (Wildman–Crippen LogP) is 0.402. The van der Waals surface area contributed by atoms with Crippen LogP contribution in [0.25, 0.3) is 0 Å². The number of anilines is 1. The zero-order valence-electron chi connectivity index (χ0n) is 11.5. The first kappa shape index (κ1) is 15.2. The van der Waals surface area contributed by atoms with E-state index in [9.17, 15) is 14.4 Å². The average molecular weight is 304 g/mol. The number of carbonyl (C=O) groups is 3. The summed E-state index contributed by atoms with van der Waals surface area (Å²) in [4.78, 5) is 34.5. The molecule has 114 valence electrons. The summed E-state index contributed by atoms with van der Waals surface area (Å²) in [5.74, 6) is -2.39. The Morgan fingerprint density at radius 3 is 2.73 bits per heavy atom. The quantitative estimate of drug-likeness (QED) is 0.766. The standard InChI is InChI=1S/C13H12N4O5/c1-22-13(21)8-4-2-3-5-9(8)15-11(18)7-17-10(12(19)20)6-14-16-17/h2-6H,7H2,1H3,(H,15,18)(H,19,20). The van der Waals surface area contributed by atoms with Crippen molar-refractivity contribution in [1.29, 1.82) is 0 Å². The molecule has 1 amide bonds. The van der Waals surface area contributed by atoms with Gasteiger partial charge in [0.2, 0.25) is 5.91 Å². The average Bonchev–Trinajstić information content (AvgIpc) is 2.95. The van der Waals surface area contributed by atoms with Gasteiger partial charge in [0.15, 0.2) is 5.69 Å². The highest BCUT2D eigenvalue weighted by molar-refractivity contribution is 6.01. The van der Waals surface area contributed by atoms with Gasteiger partial charge in [-0.25, -0.2) is 14.3 Å². The number of esters is 1. The molecule has 1 aromatic carbocycles. The molecule has 0 spiro atoms. The van der Waals surface area contributed by atoms with Gasteiger partial charge in [0, 0.05) is 0 Å². The molecule has 0 bridgehead atoms. The lowest BCUT2D eigenvalue weighted by molar-refractivity contribution is -0.116. The van der Waals surface area contributed by atoms with Crippen LogP contribution < -0.4 is 5.32 Å². The maximum atomic E-state index is 12.0. The Bertz CT molecular complexity index is 725. The number of para-hydroxylation sites is 1. The summed E-state index contributed by atoms with van der Waals surface area (Å²) in [5, 5.41) is 18.4. The normalized spacial score (nSPS) is 10.0. The Hall–Kier alpha value is -3.23. The van der Waals surface area contributed by atoms with Crippen molar-refractivity contribution in [2.75, 3.05) is 12.4 Å². The van der Waals surface area contributed by atoms with Gasteiger partial charge < -0.3 is 15.2 Å². The number of hydrogen-bond acceptors (Lipinski definition) is 6. The minimum absolute atomic E-state index is 0.190. The van der Waals surface area contributed by atoms with E-state index < -0.39 is 17.8 Å². The number of rotatable bonds is 5. The zero-order valence-corrected chi connectivity index (χ0v) is 11.5. The molecule has 0 fully saturated rings. The number of aromatic nitrogens is 3. The third-order valence-electron chi connectivity index (χ3n) is 2.74. The molecule has 0 saturated heterocycles. The van der Waals surface area contributed by atoms with Crippen LogP contribution in [-0.4, -0.2) is 45.1 Å². The fourth-order valence-electron chi connectivity index (χ4n) is 1.75. The van der Waals surface area contributed by atoms with Crippen molar-refractivity contribution in [3.63, 3.8) is 0 Å². The SMILES string of the molecule is COC(=O)c1ccccc1NC(=O)Cn1nncc1C(=O)O. The van der Waals surface area contributed by atoms with Crippen LogP contribution in [0.4, 0.5) is 5.69 Å². The lowest BCUT2D eigenvalue weighted by Gasteiger charge is -2.09. The van der Waals surface area contributed by atoms with E-state index in [0.717, 1.165) is 10.9 Å². The van der Waals surface area contributed by atoms with Crippen LogP contribution >= 0.6 is 0 Å². The number of nitrogens with zero attached hydrogens (tertiary/aromatic N) is 3. The van der Waals surface area contributed by atoms with Crippen LogP contribution in [0.5, 0.6) is 0 Å². The first-order valence-electron chi connectivity index (χ1n) is 6.12. The number of carboxylic acid groups (broad SMARTS) is 1. The maximum absolute atomic E-state index is 12.0. The maximum Gasteiger partial charge on any atom is 0.355 e. The molecule has 9 nitrogen and oxygen atoms in total. The van der Waals surface area contributed by atoms with Crippen molar-refractivity contribution in [2.24, 2.45) is 0 Å². The van der Waals surface area contributed by atoms with Crippen LogP contribution in [0.1, 0.15) is 20.8 Å². The second kappa shape index (κ2) is 6.48. The van der Waals surface area contributed by atoms with E-state index in [1.165, 1.54) is 19.2 Å². The molecule has 1 heterocycles. The van der Waals surface area contributed by atoms with Crippen molar-refractivity contribution < 1.29 is 24.2 Å². The van der Waals surface area contributed by atoms with Crippen molar-refractivity contribution in [3.05, 3.63) is 41.7 Å². The Balaban J connectivity index is 2.14. The highest BCUT2D eigenvalue weighted by Crippen LogP contribution is 2.16. The van der Waals surface area contributed by atoms with Crippen LogP contribution in [0.3, 0.4) is 0 Å². The summed E-state index contributed by atoms with van der Waals surface area (Å²) in [6, 6.07) is 6.30. The molecule has 0 aliphatic carbocycles. The van der Waals surface area contributed by atoms with Crippen molar-refractivity contribution in [2.45, 2.75) is 6.54 Å². The Kier molecular flexibility index (Phi) is 4.47. The fraction of sp³-hybridized carbons (Fsp3) is 0.154. The molecule has 0 atom stereocenters. The molecule has 0 radical (unpaired) electrons. The van der Waals surface area contributed by atoms with Gasteiger partial charge in [0.1, 0.15) is 6.54 Å². The monoisotopic (exact) mass is 304 g/mol. The van der Waals surface area contributed by atoms with Crippen molar-refractivity contribution in [1.82, 2.24) is 15.0 Å². The third kappa shape index (κ3) is 3.26. The van der Waals surface area contributed by atoms with Gasteiger partial charge in [-0.15, -0.1) is 5.10 Å². The second-order valence-electron chi connectivity index (χ2n) is 4.17. The Morgan fingerprint density at radius 2 is 2.05 bits per heavy atom. The summed E-state index contributed by atoms with van der Waals surface area (Å²) < 4.78 is 5.56. The van der Waals surface area contributed by atoms with Crippen molar-refractivity contribution >= 4 is 23.5 Å². The van der Waals surface area contributed by atoms with Crippen LogP contribution in [0, 0.1) is 0 Å². The number of hydrogen-bond donors (Lipinski definition) is 2. The van der Waals surface area contributed by atoms with Gasteiger partial charge in [-0.2, -0.15) is 0 Å². The Morgan fingerprint density at radius 1 is 1.32 bits per heavy atom. The molecular weight excluding hydrogens is 292 g/mol. The molecule has 2 aromatic rings. The number of aromatic carboxylic acids is 1. The van der Waals surface area contributed by atoms with Crippen LogP contribution in [0.2, 0.25) is 0 Å². The number of nitrogens with one attached hydrogen (secondary N) is 1. The molecule has 22 heavy (non-hydrogen) atoms. The van der Waals surface area contributed by atoms with Gasteiger partial charge in [0.25, 0.3) is 0 Å². The second-order valence-corrected chi connectivity index (χ2v) is 4.17. The molecule has 2 rings (SSSR count). The lowest BCUT2D eigenvalue weighted by Crippen LogP contribution is -2.23. The van der Waals surface area contributed by atoms with Gasteiger partial charge in [-0.05, 0) is 12.1 Å². The van der Waals surface area contributed by atoms with E-state index in [1.54, 1.807) is 12.1 Å². The minimum Gasteiger partial charge on any atom is -0.476 e. The van der Waals surface area contributed by atoms with Crippen molar-refractivity contribution in [3.8, 4) is 0 Å². The molecule has 0 unspecified atom stereocenters. The number of amides is 1. The highest BCUT2D eigenvalue weighted by Gasteiger charge is 2.17. The molecule has 2 N–H and O–H groups in total. The van der Waals surface area contributed by atoms with Gasteiger partial charge >= 0.3 is 11.9 Å². The number of benzene rings is 1. The summed E-state index contributed by atoms with van der Waals surface area (Å²) in [7, 11) is 1.23. The predicted molar refractivity (Wildman–Crippen MR) is 73.4 cm³/mol.